The maximum atomic E-state index is 14.1. The summed E-state index contributed by atoms with van der Waals surface area (Å²) in [6.45, 7) is 8.45. The van der Waals surface area contributed by atoms with E-state index in [1.807, 2.05) is 37.3 Å². The number of nitrogens with one attached hydrogen (secondary N) is 2. The third kappa shape index (κ3) is 4.74. The van der Waals surface area contributed by atoms with Gasteiger partial charge in [0, 0.05) is 37.5 Å². The number of thioether (sulfide) groups is 1. The van der Waals surface area contributed by atoms with E-state index in [2.05, 4.69) is 22.5 Å². The monoisotopic (exact) mass is 544 g/mol. The van der Waals surface area contributed by atoms with Crippen molar-refractivity contribution < 1.29 is 24.2 Å². The van der Waals surface area contributed by atoms with Gasteiger partial charge in [-0.15, -0.1) is 11.8 Å². The summed E-state index contributed by atoms with van der Waals surface area (Å²) in [7, 11) is 0. The average molecular weight is 545 g/mol. The largest absolute Gasteiger partial charge is 0.394 e. The third-order valence-electron chi connectivity index (χ3n) is 8.96. The van der Waals surface area contributed by atoms with Gasteiger partial charge in [-0.25, -0.2) is 0 Å². The van der Waals surface area contributed by atoms with Gasteiger partial charge < -0.3 is 25.4 Å². The topological polar surface area (TPSA) is 111 Å². The van der Waals surface area contributed by atoms with E-state index < -0.39 is 33.4 Å². The number of fused-ring (bicyclic) bond motifs is 1. The average Bonchev–Trinajstić information content (AvgIpc) is 3.50. The number of carbonyl (C=O) groups is 3. The van der Waals surface area contributed by atoms with Crippen LogP contribution >= 0.6 is 11.8 Å². The van der Waals surface area contributed by atoms with Gasteiger partial charge in [-0.1, -0.05) is 37.3 Å². The number of ether oxygens (including phenoxy) is 1. The number of aliphatic hydroxyl groups excluding tert-OH is 1. The van der Waals surface area contributed by atoms with Crippen molar-refractivity contribution in [3.63, 3.8) is 0 Å². The Labute approximate surface area is 229 Å². The maximum absolute atomic E-state index is 14.1. The van der Waals surface area contributed by atoms with Crippen LogP contribution in [0.3, 0.4) is 0 Å². The minimum atomic E-state index is -0.708. The molecule has 9 nitrogen and oxygen atoms in total. The molecule has 5 rings (SSSR count). The second-order valence-electron chi connectivity index (χ2n) is 11.2. The smallest absolute Gasteiger partial charge is 0.244 e. The molecule has 2 bridgehead atoms. The highest BCUT2D eigenvalue weighted by Crippen LogP contribution is 2.71. The van der Waals surface area contributed by atoms with Crippen LogP contribution in [0.1, 0.15) is 38.7 Å². The third-order valence-corrected chi connectivity index (χ3v) is 10.9. The van der Waals surface area contributed by atoms with Gasteiger partial charge in [-0.05, 0) is 31.7 Å². The molecule has 0 saturated carbocycles. The van der Waals surface area contributed by atoms with Gasteiger partial charge in [0.25, 0.3) is 0 Å². The lowest BCUT2D eigenvalue weighted by Gasteiger charge is -2.37. The lowest BCUT2D eigenvalue weighted by atomic mass is 9.66. The Bertz CT molecular complexity index is 1030. The Morgan fingerprint density at radius 3 is 2.58 bits per heavy atom. The van der Waals surface area contributed by atoms with E-state index in [9.17, 15) is 19.5 Å². The van der Waals surface area contributed by atoms with E-state index in [1.165, 1.54) is 0 Å². The van der Waals surface area contributed by atoms with E-state index in [0.29, 0.717) is 39.1 Å². The van der Waals surface area contributed by atoms with Gasteiger partial charge in [0.05, 0.1) is 42.4 Å². The van der Waals surface area contributed by atoms with Gasteiger partial charge in [0.1, 0.15) is 6.04 Å². The fourth-order valence-corrected chi connectivity index (χ4v) is 9.37. The summed E-state index contributed by atoms with van der Waals surface area (Å²) < 4.78 is 4.32. The van der Waals surface area contributed by atoms with Crippen LogP contribution in [0.4, 0.5) is 0 Å². The molecule has 4 heterocycles. The fourth-order valence-electron chi connectivity index (χ4n) is 7.02. The summed E-state index contributed by atoms with van der Waals surface area (Å²) in [6.07, 6.45) is 2.01. The summed E-state index contributed by atoms with van der Waals surface area (Å²) in [5, 5.41) is 16.4. The fraction of sp³-hybridized carbons (Fsp3) is 0.679. The van der Waals surface area contributed by atoms with Crippen LogP contribution in [-0.2, 0) is 25.7 Å². The molecular weight excluding hydrogens is 504 g/mol. The zero-order valence-corrected chi connectivity index (χ0v) is 23.2. The zero-order chi connectivity index (χ0) is 26.9. The van der Waals surface area contributed by atoms with Crippen LogP contribution in [0.25, 0.3) is 0 Å². The summed E-state index contributed by atoms with van der Waals surface area (Å²) in [6, 6.07) is 8.57. The summed E-state index contributed by atoms with van der Waals surface area (Å²) in [5.41, 5.74) is 1.000. The summed E-state index contributed by atoms with van der Waals surface area (Å²) >= 11 is 1.66. The molecule has 6 atom stereocenters. The highest BCUT2D eigenvalue weighted by molar-refractivity contribution is 8.02. The van der Waals surface area contributed by atoms with Crippen molar-refractivity contribution in [2.24, 2.45) is 11.8 Å². The molecular formula is C28H40N4O5S. The molecule has 2 unspecified atom stereocenters. The minimum Gasteiger partial charge on any atom is -0.394 e. The quantitative estimate of drug-likeness (QED) is 0.403. The first-order valence-electron chi connectivity index (χ1n) is 13.9. The Balaban J connectivity index is 1.38. The molecule has 10 heteroatoms. The SMILES string of the molecule is CC[C@@H](CO)N1C(=O)[C@@H]2[C@@H](C(=O)NCc3ccccc3)[C@@]3(C)CCC2(S3)C1C(=O)NCCN1CCOCC1. The number of aliphatic hydroxyl groups is 1. The van der Waals surface area contributed by atoms with Gasteiger partial charge in [0.2, 0.25) is 17.7 Å². The summed E-state index contributed by atoms with van der Waals surface area (Å²) in [5.74, 6) is -1.59. The van der Waals surface area contributed by atoms with Gasteiger partial charge in [-0.3, -0.25) is 19.3 Å². The number of likely N-dealkylation sites (tertiary alicyclic amines) is 1. The Morgan fingerprint density at radius 2 is 1.89 bits per heavy atom. The van der Waals surface area contributed by atoms with E-state index >= 15 is 0 Å². The van der Waals surface area contributed by atoms with E-state index in [0.717, 1.165) is 31.6 Å². The van der Waals surface area contributed by atoms with Crippen molar-refractivity contribution in [3.8, 4) is 0 Å². The van der Waals surface area contributed by atoms with Crippen LogP contribution < -0.4 is 10.6 Å². The van der Waals surface area contributed by atoms with Crippen molar-refractivity contribution in [2.75, 3.05) is 46.0 Å². The second kappa shape index (κ2) is 11.2. The molecule has 208 valence electrons. The van der Waals surface area contributed by atoms with Gasteiger partial charge in [-0.2, -0.15) is 0 Å². The van der Waals surface area contributed by atoms with Gasteiger partial charge >= 0.3 is 0 Å². The first-order chi connectivity index (χ1) is 18.3. The van der Waals surface area contributed by atoms with Crippen LogP contribution in [0.15, 0.2) is 30.3 Å². The van der Waals surface area contributed by atoms with Crippen molar-refractivity contribution in [1.29, 1.82) is 0 Å². The normalized spacial score (nSPS) is 33.3. The van der Waals surface area contributed by atoms with E-state index in [4.69, 9.17) is 4.74 Å². The Hall–Kier alpha value is -2.14. The lowest BCUT2D eigenvalue weighted by molar-refractivity contribution is -0.143. The number of nitrogens with zero attached hydrogens (tertiary/aromatic N) is 2. The lowest BCUT2D eigenvalue weighted by Crippen LogP contribution is -2.57. The molecule has 38 heavy (non-hydrogen) atoms. The van der Waals surface area contributed by atoms with Crippen LogP contribution in [0, 0.1) is 11.8 Å². The molecule has 3 N–H and O–H groups in total. The van der Waals surface area contributed by atoms with Crippen LogP contribution in [-0.4, -0.2) is 100 Å². The molecule has 1 aromatic rings. The molecule has 4 aliphatic heterocycles. The number of amides is 3. The summed E-state index contributed by atoms with van der Waals surface area (Å²) in [4.78, 5) is 45.5. The molecule has 1 spiro atoms. The Morgan fingerprint density at radius 1 is 1.16 bits per heavy atom. The number of benzene rings is 1. The number of rotatable bonds is 10. The standard InChI is InChI=1S/C28H40N4O5S/c1-3-20(18-33)32-23(25(35)29-11-12-31-13-15-37-16-14-31)28-10-9-27(2,38-28)21(22(28)26(32)36)24(34)30-17-19-7-5-4-6-8-19/h4-8,20-23,33H,3,9-18H2,1-2H3,(H,29,35)(H,30,34)/t20-,21-,22-,23?,27+,28?/m0/s1. The van der Waals surface area contributed by atoms with Gasteiger partial charge in [0.15, 0.2) is 0 Å². The minimum absolute atomic E-state index is 0.130. The number of morpholine rings is 1. The van der Waals surface area contributed by atoms with Crippen LogP contribution in [0.2, 0.25) is 0 Å². The molecule has 1 aromatic carbocycles. The zero-order valence-electron chi connectivity index (χ0n) is 22.4. The molecule has 4 aliphatic rings. The highest BCUT2D eigenvalue weighted by atomic mass is 32.2. The first kappa shape index (κ1) is 27.4. The second-order valence-corrected chi connectivity index (χ2v) is 13.1. The maximum Gasteiger partial charge on any atom is 0.244 e. The highest BCUT2D eigenvalue weighted by Gasteiger charge is 2.77. The molecule has 0 aliphatic carbocycles. The first-order valence-corrected chi connectivity index (χ1v) is 14.7. The van der Waals surface area contributed by atoms with Crippen molar-refractivity contribution in [2.45, 2.75) is 61.2 Å². The molecule has 4 fully saturated rings. The predicted molar refractivity (Wildman–Crippen MR) is 145 cm³/mol. The number of hydrogen-bond acceptors (Lipinski definition) is 7. The number of hydrogen-bond donors (Lipinski definition) is 3. The molecule has 3 amide bonds. The van der Waals surface area contributed by atoms with Crippen molar-refractivity contribution in [3.05, 3.63) is 35.9 Å². The number of carbonyl (C=O) groups excluding carboxylic acids is 3. The molecule has 4 saturated heterocycles. The molecule has 0 aromatic heterocycles. The Kier molecular flexibility index (Phi) is 8.05. The van der Waals surface area contributed by atoms with Crippen LogP contribution in [0.5, 0.6) is 0 Å². The van der Waals surface area contributed by atoms with Crippen molar-refractivity contribution >= 4 is 29.5 Å². The predicted octanol–water partition coefficient (Wildman–Crippen LogP) is 1.00. The molecule has 0 radical (unpaired) electrons. The van der Waals surface area contributed by atoms with E-state index in [-0.39, 0.29) is 24.3 Å². The van der Waals surface area contributed by atoms with Crippen molar-refractivity contribution in [1.82, 2.24) is 20.4 Å². The van der Waals surface area contributed by atoms with E-state index in [1.54, 1.807) is 16.7 Å².